The molecule has 4 bridgehead atoms. The summed E-state index contributed by atoms with van der Waals surface area (Å²) in [4.78, 5) is 36.5. The van der Waals surface area contributed by atoms with Gasteiger partial charge in [0.2, 0.25) is 0 Å². The molecule has 0 aliphatic carbocycles. The number of hydrogen-bond acceptors (Lipinski definition) is 6. The van der Waals surface area contributed by atoms with Gasteiger partial charge in [-0.3, -0.25) is 0 Å². The molecule has 3 aromatic rings. The number of carbonyl (C=O) groups excluding carboxylic acids is 2. The zero-order chi connectivity index (χ0) is 25.5. The summed E-state index contributed by atoms with van der Waals surface area (Å²) in [5, 5.41) is 9.83. The number of H-pyrrole nitrogens is 1. The Kier molecular flexibility index (Phi) is 6.39. The van der Waals surface area contributed by atoms with Crippen LogP contribution in [0.4, 0.5) is 26.2 Å². The Hall–Kier alpha value is -3.35. The molecule has 5 heterocycles. The molecule has 0 spiro atoms. The summed E-state index contributed by atoms with van der Waals surface area (Å²) in [5.41, 5.74) is 4.45. The number of rotatable bonds is 3. The van der Waals surface area contributed by atoms with E-state index in [1.165, 1.54) is 13.2 Å². The number of methoxy groups -OCH3 is 1. The fourth-order valence-electron chi connectivity index (χ4n) is 5.31. The van der Waals surface area contributed by atoms with E-state index in [0.29, 0.717) is 41.6 Å². The van der Waals surface area contributed by atoms with Gasteiger partial charge in [-0.2, -0.15) is 0 Å². The van der Waals surface area contributed by atoms with E-state index in [1.807, 2.05) is 11.0 Å². The average molecular weight is 617 g/mol. The van der Waals surface area contributed by atoms with Crippen LogP contribution in [-0.4, -0.2) is 58.0 Å². The fourth-order valence-corrected chi connectivity index (χ4v) is 8.01. The van der Waals surface area contributed by atoms with Crippen molar-refractivity contribution in [1.82, 2.24) is 20.2 Å². The van der Waals surface area contributed by atoms with Crippen LogP contribution < -0.4 is 41.9 Å². The number of aromatic nitrogens is 2. The van der Waals surface area contributed by atoms with Crippen molar-refractivity contribution in [1.29, 1.82) is 0 Å². The van der Waals surface area contributed by atoms with Crippen molar-refractivity contribution in [2.24, 2.45) is 5.92 Å². The number of halogens is 2. The molecule has 2 atom stereocenters. The number of piperidine rings is 1. The zero-order valence-electron chi connectivity index (χ0n) is 20.2. The number of nitrogens with zero attached hydrogens (tertiary/aromatic N) is 2. The molecule has 9 nitrogen and oxygen atoms in total. The number of carbonyl (C=O) groups is 2. The number of hydrogen-bond donors (Lipinski definition) is 4. The van der Waals surface area contributed by atoms with Gasteiger partial charge in [-0.05, 0) is 0 Å². The molecule has 0 saturated carbocycles. The van der Waals surface area contributed by atoms with E-state index in [9.17, 15) is 14.0 Å². The molecule has 3 aliphatic rings. The summed E-state index contributed by atoms with van der Waals surface area (Å²) in [5.74, 6) is -0.338. The number of amides is 2. The number of para-hydroxylation sites is 1. The van der Waals surface area contributed by atoms with Crippen molar-refractivity contribution in [2.75, 3.05) is 43.9 Å². The van der Waals surface area contributed by atoms with E-state index in [2.05, 4.69) is 25.9 Å². The van der Waals surface area contributed by atoms with Crippen molar-refractivity contribution in [3.8, 4) is 17.0 Å². The zero-order valence-corrected chi connectivity index (χ0v) is 22.4. The number of fused-ring (bicyclic) bond motifs is 5. The molecule has 37 heavy (non-hydrogen) atoms. The molecule has 2 amide bonds. The maximum absolute atomic E-state index is 14.5. The molecule has 1 fully saturated rings. The summed E-state index contributed by atoms with van der Waals surface area (Å²) in [6.45, 7) is 2.65. The third kappa shape index (κ3) is 4.38. The Morgan fingerprint density at radius 2 is 2.11 bits per heavy atom. The molecule has 4 N–H and O–H groups in total. The van der Waals surface area contributed by atoms with Crippen LogP contribution in [0.5, 0.6) is 5.75 Å². The Labute approximate surface area is 223 Å². The standard InChI is InChI=1S/C26H27FIN6O3/c1-37-24-16(27)5-2-6-18(24)32-23-20-22-17(11-31-25(20)35)28-26(36)34-9-3-4-14(13-34)10-30-19-12-29-8-7-15(19)21(23)33-22/h2,5-8,12,14,17,30,32-33H,3-4,9-11,13H2,1H3,(H,31,35)/q-1/t14?,17-/m1/s1. The topological polar surface area (TPSA) is 111 Å². The molecule has 194 valence electrons. The number of pyridine rings is 1. The number of aromatic amines is 1. The van der Waals surface area contributed by atoms with Gasteiger partial charge in [0.05, 0.1) is 0 Å². The Morgan fingerprint density at radius 1 is 1.22 bits per heavy atom. The van der Waals surface area contributed by atoms with Crippen molar-refractivity contribution < 1.29 is 39.9 Å². The first kappa shape index (κ1) is 24.0. The van der Waals surface area contributed by atoms with Crippen LogP contribution >= 0.6 is 0 Å². The van der Waals surface area contributed by atoms with Gasteiger partial charge >= 0.3 is 224 Å². The second kappa shape index (κ2) is 9.84. The Bertz CT molecular complexity index is 1380. The SMILES string of the molecule is COc1c(F)cccc1Nc1c2[nH]c3c1C(=O)NC[C@H]3[I-]C(=O)N1CCCC(CNc3cnccc3-2)C1. The summed E-state index contributed by atoms with van der Waals surface area (Å²) in [6, 6.07) is 6.52. The maximum atomic E-state index is 14.5. The third-order valence-corrected chi connectivity index (χ3v) is 10.1. The molecule has 3 aliphatic heterocycles. The van der Waals surface area contributed by atoms with E-state index in [-0.39, 0.29) is 19.5 Å². The molecule has 1 saturated heterocycles. The van der Waals surface area contributed by atoms with Crippen molar-refractivity contribution in [3.63, 3.8) is 0 Å². The van der Waals surface area contributed by atoms with Crippen molar-refractivity contribution in [2.45, 2.75) is 16.8 Å². The average Bonchev–Trinajstić information content (AvgIpc) is 3.29. The van der Waals surface area contributed by atoms with Gasteiger partial charge < -0.3 is 0 Å². The van der Waals surface area contributed by atoms with E-state index in [1.54, 1.807) is 24.5 Å². The quantitative estimate of drug-likeness (QED) is 0.152. The normalized spacial score (nSPS) is 21.2. The van der Waals surface area contributed by atoms with E-state index < -0.39 is 27.0 Å². The summed E-state index contributed by atoms with van der Waals surface area (Å²) >= 11 is -0.950. The van der Waals surface area contributed by atoms with Gasteiger partial charge in [0, 0.05) is 0 Å². The predicted molar refractivity (Wildman–Crippen MR) is 134 cm³/mol. The van der Waals surface area contributed by atoms with Crippen LogP contribution in [0.25, 0.3) is 11.3 Å². The van der Waals surface area contributed by atoms with Crippen LogP contribution in [0, 0.1) is 11.7 Å². The molecule has 1 aromatic carbocycles. The summed E-state index contributed by atoms with van der Waals surface area (Å²) < 4.78 is 20.0. The van der Waals surface area contributed by atoms with Gasteiger partial charge in [-0.15, -0.1) is 0 Å². The van der Waals surface area contributed by atoms with Gasteiger partial charge in [0.15, 0.2) is 0 Å². The second-order valence-corrected chi connectivity index (χ2v) is 12.5. The van der Waals surface area contributed by atoms with Crippen LogP contribution in [0.3, 0.4) is 0 Å². The van der Waals surface area contributed by atoms with Gasteiger partial charge in [-0.25, -0.2) is 0 Å². The monoisotopic (exact) mass is 617 g/mol. The molecular weight excluding hydrogens is 590 g/mol. The van der Waals surface area contributed by atoms with Crippen molar-refractivity contribution >= 4 is 26.9 Å². The van der Waals surface area contributed by atoms with Crippen LogP contribution in [-0.2, 0) is 0 Å². The van der Waals surface area contributed by atoms with Crippen LogP contribution in [0.2, 0.25) is 0 Å². The molecule has 0 radical (unpaired) electrons. The number of alkyl halides is 1. The van der Waals surface area contributed by atoms with Crippen molar-refractivity contribution in [3.05, 3.63) is 53.7 Å². The summed E-state index contributed by atoms with van der Waals surface area (Å²) in [6.07, 6.45) is 5.54. The Morgan fingerprint density at radius 3 is 2.97 bits per heavy atom. The second-order valence-electron chi connectivity index (χ2n) is 9.41. The van der Waals surface area contributed by atoms with Crippen LogP contribution in [0.1, 0.15) is 32.8 Å². The molecular formula is C26H27FIN6O3-. The van der Waals surface area contributed by atoms with Crippen LogP contribution in [0.15, 0.2) is 36.7 Å². The first-order valence-electron chi connectivity index (χ1n) is 12.3. The number of nitrogens with one attached hydrogen (secondary N) is 4. The first-order valence-corrected chi connectivity index (χ1v) is 14.6. The molecule has 2 aromatic heterocycles. The molecule has 1 unspecified atom stereocenters. The van der Waals surface area contributed by atoms with Gasteiger partial charge in [0.25, 0.3) is 0 Å². The number of anilines is 3. The number of benzene rings is 1. The first-order chi connectivity index (χ1) is 18.0. The minimum absolute atomic E-state index is 0.0573. The van der Waals surface area contributed by atoms with Gasteiger partial charge in [-0.1, -0.05) is 0 Å². The van der Waals surface area contributed by atoms with E-state index >= 15 is 0 Å². The molecule has 6 rings (SSSR count). The number of ether oxygens (including phenoxy) is 1. The van der Waals surface area contributed by atoms with E-state index in [0.717, 1.165) is 42.9 Å². The Balaban J connectivity index is 1.54. The fraction of sp³-hybridized carbons (Fsp3) is 0.346. The molecule has 11 heteroatoms. The summed E-state index contributed by atoms with van der Waals surface area (Å²) in [7, 11) is 1.41. The minimum atomic E-state index is -0.950. The van der Waals surface area contributed by atoms with E-state index in [4.69, 9.17) is 4.74 Å². The third-order valence-electron chi connectivity index (χ3n) is 7.11. The van der Waals surface area contributed by atoms with Gasteiger partial charge in [0.1, 0.15) is 0 Å². The predicted octanol–water partition coefficient (Wildman–Crippen LogP) is 1.10.